The van der Waals surface area contributed by atoms with Crippen LogP contribution < -0.4 is 5.73 Å². The van der Waals surface area contributed by atoms with Crippen LogP contribution in [-0.4, -0.2) is 37.7 Å². The molecule has 2 atom stereocenters. The minimum absolute atomic E-state index is 0.00801. The van der Waals surface area contributed by atoms with Crippen molar-refractivity contribution < 1.29 is 31.1 Å². The van der Waals surface area contributed by atoms with Gasteiger partial charge in [-0.25, -0.2) is 13.2 Å². The van der Waals surface area contributed by atoms with Gasteiger partial charge in [-0.2, -0.15) is 13.2 Å². The lowest BCUT2D eigenvalue weighted by Gasteiger charge is -2.42. The van der Waals surface area contributed by atoms with E-state index in [1.807, 2.05) is 0 Å². The fourth-order valence-corrected chi connectivity index (χ4v) is 4.14. The summed E-state index contributed by atoms with van der Waals surface area (Å²) < 4.78 is 81.6. The first-order chi connectivity index (χ1) is 14.5. The van der Waals surface area contributed by atoms with Crippen molar-refractivity contribution in [1.29, 1.82) is 0 Å². The van der Waals surface area contributed by atoms with E-state index < -0.39 is 46.8 Å². The van der Waals surface area contributed by atoms with Crippen molar-refractivity contribution in [2.45, 2.75) is 43.6 Å². The molecule has 1 amide bonds. The van der Waals surface area contributed by atoms with Crippen LogP contribution >= 0.6 is 0 Å². The molecule has 1 aliphatic heterocycles. The Morgan fingerprint density at radius 3 is 2.48 bits per heavy atom. The Labute approximate surface area is 172 Å². The average Bonchev–Trinajstić information content (AvgIpc) is 3.14. The first kappa shape index (κ1) is 21.3. The van der Waals surface area contributed by atoms with Crippen molar-refractivity contribution in [2.75, 3.05) is 6.54 Å². The van der Waals surface area contributed by atoms with E-state index in [1.165, 1.54) is 4.90 Å². The highest BCUT2D eigenvalue weighted by Crippen LogP contribution is 2.40. The first-order valence-corrected chi connectivity index (χ1v) is 9.39. The molecule has 0 bridgehead atoms. The summed E-state index contributed by atoms with van der Waals surface area (Å²) in [5, 5.41) is 6.69. The Kier molecular flexibility index (Phi) is 5.07. The Balaban J connectivity index is 1.65. The number of allylic oxidation sites excluding steroid dienone is 1. The van der Waals surface area contributed by atoms with Crippen LogP contribution in [0.15, 0.2) is 24.3 Å². The van der Waals surface area contributed by atoms with Gasteiger partial charge in [-0.05, 0) is 24.5 Å². The van der Waals surface area contributed by atoms with Gasteiger partial charge in [0.25, 0.3) is 0 Å². The van der Waals surface area contributed by atoms with E-state index in [9.17, 15) is 31.1 Å². The maximum absolute atomic E-state index is 14.4. The molecular formula is C19H17F6N5O. The van der Waals surface area contributed by atoms with Gasteiger partial charge in [-0.15, -0.1) is 10.2 Å². The molecule has 1 aliphatic carbocycles. The second-order valence-electron chi connectivity index (χ2n) is 7.61. The number of rotatable bonds is 2. The predicted octanol–water partition coefficient (Wildman–Crippen LogP) is 2.89. The van der Waals surface area contributed by atoms with Gasteiger partial charge in [0.2, 0.25) is 11.7 Å². The number of halogens is 6. The molecule has 0 saturated carbocycles. The van der Waals surface area contributed by atoms with Gasteiger partial charge >= 0.3 is 6.18 Å². The minimum Gasteiger partial charge on any atom is -0.332 e. The summed E-state index contributed by atoms with van der Waals surface area (Å²) in [6, 6.07) is 1.09. The zero-order valence-corrected chi connectivity index (χ0v) is 16.0. The van der Waals surface area contributed by atoms with E-state index >= 15 is 0 Å². The molecule has 0 radical (unpaired) electrons. The lowest BCUT2D eigenvalue weighted by molar-refractivity contribution is -0.148. The van der Waals surface area contributed by atoms with Gasteiger partial charge < -0.3 is 15.2 Å². The quantitative estimate of drug-likeness (QED) is 0.438. The van der Waals surface area contributed by atoms with E-state index in [0.29, 0.717) is 12.1 Å². The molecule has 6 nitrogen and oxygen atoms in total. The third kappa shape index (κ3) is 3.58. The summed E-state index contributed by atoms with van der Waals surface area (Å²) in [4.78, 5) is 14.6. The smallest absolute Gasteiger partial charge is 0.332 e. The predicted molar refractivity (Wildman–Crippen MR) is 94.8 cm³/mol. The molecule has 0 fully saturated rings. The molecule has 12 heteroatoms. The highest BCUT2D eigenvalue weighted by molar-refractivity contribution is 5.88. The number of carbonyl (C=O) groups excluding carboxylic acids is 1. The number of carbonyl (C=O) groups is 1. The third-order valence-electron chi connectivity index (χ3n) is 5.72. The summed E-state index contributed by atoms with van der Waals surface area (Å²) in [6.45, 7) is -0.556. The van der Waals surface area contributed by atoms with Gasteiger partial charge in [0.05, 0.1) is 6.54 Å². The van der Waals surface area contributed by atoms with Gasteiger partial charge in [0, 0.05) is 25.1 Å². The van der Waals surface area contributed by atoms with Gasteiger partial charge in [0.15, 0.2) is 17.5 Å². The van der Waals surface area contributed by atoms with E-state index in [-0.39, 0.29) is 43.9 Å². The summed E-state index contributed by atoms with van der Waals surface area (Å²) in [5.74, 6) is -6.52. The number of alkyl halides is 3. The van der Waals surface area contributed by atoms with Crippen LogP contribution in [0.3, 0.4) is 0 Å². The standard InChI is InChI=1S/C19H17F6N5O/c20-12-8-14(22)13(21)7-10(12)11-3-1-2-4-18(11,26)17(31)29-5-6-30-15(9-29)27-28-16(30)19(23,24)25/h1-2,7-8,11H,3-6,9,26H2. The van der Waals surface area contributed by atoms with Crippen LogP contribution in [0.4, 0.5) is 26.3 Å². The van der Waals surface area contributed by atoms with Crippen LogP contribution in [0.1, 0.15) is 36.0 Å². The normalized spacial score (nSPS) is 23.7. The molecule has 31 heavy (non-hydrogen) atoms. The van der Waals surface area contributed by atoms with Crippen LogP contribution in [0.5, 0.6) is 0 Å². The minimum atomic E-state index is -4.68. The Morgan fingerprint density at radius 1 is 1.06 bits per heavy atom. The Bertz CT molecular complexity index is 1060. The molecule has 0 spiro atoms. The van der Waals surface area contributed by atoms with Gasteiger partial charge in [-0.3, -0.25) is 4.79 Å². The number of fused-ring (bicyclic) bond motifs is 1. The molecule has 1 aromatic carbocycles. The van der Waals surface area contributed by atoms with Crippen LogP contribution in [0.25, 0.3) is 0 Å². The molecule has 2 heterocycles. The number of hydrogen-bond acceptors (Lipinski definition) is 4. The number of amides is 1. The SMILES string of the molecule is NC1(C(=O)N2CCn3c(nnc3C(F)(F)F)C2)CC=CCC1c1cc(F)c(F)cc1F. The molecular weight excluding hydrogens is 428 g/mol. The fourth-order valence-electron chi connectivity index (χ4n) is 4.14. The summed E-state index contributed by atoms with van der Waals surface area (Å²) >= 11 is 0. The highest BCUT2D eigenvalue weighted by Gasteiger charge is 2.48. The van der Waals surface area contributed by atoms with Crippen molar-refractivity contribution in [3.63, 3.8) is 0 Å². The summed E-state index contributed by atoms with van der Waals surface area (Å²) in [5.41, 5.74) is 4.48. The van der Waals surface area contributed by atoms with Crippen molar-refractivity contribution in [1.82, 2.24) is 19.7 Å². The number of benzene rings is 1. The molecule has 4 rings (SSSR count). The average molecular weight is 445 g/mol. The molecule has 166 valence electrons. The molecule has 2 aliphatic rings. The second-order valence-corrected chi connectivity index (χ2v) is 7.61. The lowest BCUT2D eigenvalue weighted by Crippen LogP contribution is -2.60. The zero-order chi connectivity index (χ0) is 22.6. The number of nitrogens with two attached hydrogens (primary N) is 1. The molecule has 2 aromatic rings. The number of aromatic nitrogens is 3. The van der Waals surface area contributed by atoms with Crippen molar-refractivity contribution in [2.24, 2.45) is 5.73 Å². The lowest BCUT2D eigenvalue weighted by atomic mass is 9.71. The van der Waals surface area contributed by atoms with Crippen molar-refractivity contribution in [3.8, 4) is 0 Å². The van der Waals surface area contributed by atoms with E-state index in [0.717, 1.165) is 4.57 Å². The zero-order valence-electron chi connectivity index (χ0n) is 16.0. The largest absolute Gasteiger partial charge is 0.451 e. The first-order valence-electron chi connectivity index (χ1n) is 9.39. The maximum Gasteiger partial charge on any atom is 0.451 e. The summed E-state index contributed by atoms with van der Waals surface area (Å²) in [6.07, 6.45) is -1.30. The van der Waals surface area contributed by atoms with Crippen LogP contribution in [0.2, 0.25) is 0 Å². The number of hydrogen-bond donors (Lipinski definition) is 1. The summed E-state index contributed by atoms with van der Waals surface area (Å²) in [7, 11) is 0. The van der Waals surface area contributed by atoms with E-state index in [1.54, 1.807) is 12.2 Å². The fraction of sp³-hybridized carbons (Fsp3) is 0.421. The highest BCUT2D eigenvalue weighted by atomic mass is 19.4. The molecule has 1 aromatic heterocycles. The maximum atomic E-state index is 14.4. The van der Waals surface area contributed by atoms with Crippen LogP contribution in [0, 0.1) is 17.5 Å². The third-order valence-corrected chi connectivity index (χ3v) is 5.72. The van der Waals surface area contributed by atoms with Crippen molar-refractivity contribution >= 4 is 5.91 Å². The van der Waals surface area contributed by atoms with Gasteiger partial charge in [0.1, 0.15) is 11.4 Å². The van der Waals surface area contributed by atoms with Crippen LogP contribution in [-0.2, 0) is 24.1 Å². The molecule has 0 saturated heterocycles. The molecule has 2 N–H and O–H groups in total. The monoisotopic (exact) mass is 445 g/mol. The van der Waals surface area contributed by atoms with E-state index in [4.69, 9.17) is 5.73 Å². The van der Waals surface area contributed by atoms with E-state index in [2.05, 4.69) is 10.2 Å². The Hall–Kier alpha value is -2.89. The second kappa shape index (κ2) is 7.36. The van der Waals surface area contributed by atoms with Gasteiger partial charge in [-0.1, -0.05) is 12.2 Å². The van der Waals surface area contributed by atoms with Crippen molar-refractivity contribution in [3.05, 3.63) is 58.9 Å². The Morgan fingerprint density at radius 2 is 1.77 bits per heavy atom. The topological polar surface area (TPSA) is 77.0 Å². The molecule has 2 unspecified atom stereocenters. The number of nitrogens with zero attached hydrogens (tertiary/aromatic N) is 4.